The van der Waals surface area contributed by atoms with Crippen LogP contribution in [0.5, 0.6) is 0 Å². The Morgan fingerprint density at radius 3 is 2.57 bits per heavy atom. The van der Waals surface area contributed by atoms with Crippen molar-refractivity contribution in [3.05, 3.63) is 29.8 Å². The molecule has 0 heterocycles. The SMILES string of the molecule is CON(C)S(=O)(=O)c1cccc(C(=O)O[C@H](C)C(=O)N[C@@H]2CCCC[C@H]2C)c1. The first-order chi connectivity index (χ1) is 13.2. The molecule has 1 aliphatic rings. The minimum Gasteiger partial charge on any atom is -0.449 e. The van der Waals surface area contributed by atoms with E-state index >= 15 is 0 Å². The van der Waals surface area contributed by atoms with Crippen LogP contribution in [0.4, 0.5) is 0 Å². The van der Waals surface area contributed by atoms with Gasteiger partial charge >= 0.3 is 5.97 Å². The lowest BCUT2D eigenvalue weighted by Crippen LogP contribution is -2.46. The van der Waals surface area contributed by atoms with Crippen LogP contribution in [0.25, 0.3) is 0 Å². The molecule has 0 bridgehead atoms. The minimum absolute atomic E-state index is 0.0382. The maximum Gasteiger partial charge on any atom is 0.338 e. The van der Waals surface area contributed by atoms with Crippen molar-refractivity contribution in [1.29, 1.82) is 0 Å². The van der Waals surface area contributed by atoms with Crippen LogP contribution in [-0.2, 0) is 24.4 Å². The Labute approximate surface area is 166 Å². The fourth-order valence-electron chi connectivity index (χ4n) is 3.14. The van der Waals surface area contributed by atoms with Crippen molar-refractivity contribution in [1.82, 2.24) is 9.79 Å². The van der Waals surface area contributed by atoms with E-state index in [1.807, 2.05) is 0 Å². The first-order valence-electron chi connectivity index (χ1n) is 9.31. The van der Waals surface area contributed by atoms with E-state index in [0.29, 0.717) is 10.4 Å². The summed E-state index contributed by atoms with van der Waals surface area (Å²) in [6, 6.07) is 5.49. The lowest BCUT2D eigenvalue weighted by atomic mass is 9.86. The monoisotopic (exact) mass is 412 g/mol. The van der Waals surface area contributed by atoms with Crippen molar-refractivity contribution >= 4 is 21.9 Å². The molecule has 1 saturated carbocycles. The Hall–Kier alpha value is -1.97. The number of nitrogens with zero attached hydrogens (tertiary/aromatic N) is 1. The van der Waals surface area contributed by atoms with E-state index in [2.05, 4.69) is 12.2 Å². The molecule has 1 fully saturated rings. The van der Waals surface area contributed by atoms with Gasteiger partial charge in [0.25, 0.3) is 15.9 Å². The highest BCUT2D eigenvalue weighted by molar-refractivity contribution is 7.89. The molecule has 28 heavy (non-hydrogen) atoms. The first kappa shape index (κ1) is 22.3. The van der Waals surface area contributed by atoms with Gasteiger partial charge in [0.2, 0.25) is 0 Å². The van der Waals surface area contributed by atoms with Crippen molar-refractivity contribution in [3.8, 4) is 0 Å². The number of sulfonamides is 1. The molecule has 0 aromatic heterocycles. The number of benzene rings is 1. The molecule has 1 amide bonds. The third-order valence-corrected chi connectivity index (χ3v) is 6.73. The normalized spacial score (nSPS) is 21.2. The van der Waals surface area contributed by atoms with Crippen molar-refractivity contribution in [2.24, 2.45) is 5.92 Å². The molecule has 9 heteroatoms. The van der Waals surface area contributed by atoms with E-state index in [1.165, 1.54) is 45.3 Å². The number of rotatable bonds is 7. The van der Waals surface area contributed by atoms with Gasteiger partial charge < -0.3 is 10.1 Å². The van der Waals surface area contributed by atoms with Crippen molar-refractivity contribution in [2.45, 2.75) is 56.6 Å². The molecule has 0 radical (unpaired) electrons. The second kappa shape index (κ2) is 9.49. The van der Waals surface area contributed by atoms with Crippen molar-refractivity contribution < 1.29 is 27.6 Å². The van der Waals surface area contributed by atoms with Crippen LogP contribution >= 0.6 is 0 Å². The maximum atomic E-state index is 12.4. The lowest BCUT2D eigenvalue weighted by Gasteiger charge is -2.30. The van der Waals surface area contributed by atoms with Crippen LogP contribution in [-0.4, -0.2) is 51.1 Å². The lowest BCUT2D eigenvalue weighted by molar-refractivity contribution is -0.130. The largest absolute Gasteiger partial charge is 0.449 e. The number of nitrogens with one attached hydrogen (secondary N) is 1. The summed E-state index contributed by atoms with van der Waals surface area (Å²) in [5.74, 6) is -0.730. The molecule has 0 saturated heterocycles. The summed E-state index contributed by atoms with van der Waals surface area (Å²) in [5, 5.41) is 2.95. The molecule has 1 aromatic rings. The van der Waals surface area contributed by atoms with Crippen LogP contribution in [0.3, 0.4) is 0 Å². The molecule has 156 valence electrons. The highest BCUT2D eigenvalue weighted by Gasteiger charge is 2.27. The second-order valence-electron chi connectivity index (χ2n) is 7.05. The van der Waals surface area contributed by atoms with Crippen molar-refractivity contribution in [2.75, 3.05) is 14.2 Å². The maximum absolute atomic E-state index is 12.4. The molecule has 0 unspecified atom stereocenters. The summed E-state index contributed by atoms with van der Waals surface area (Å²) in [5.41, 5.74) is 0.0382. The van der Waals surface area contributed by atoms with Gasteiger partial charge in [-0.3, -0.25) is 9.63 Å². The van der Waals surface area contributed by atoms with E-state index in [9.17, 15) is 18.0 Å². The molecule has 1 aliphatic carbocycles. The molecular weight excluding hydrogens is 384 g/mol. The number of carbonyl (C=O) groups excluding carboxylic acids is 2. The Morgan fingerprint density at radius 2 is 1.93 bits per heavy atom. The number of amides is 1. The molecule has 1 aromatic carbocycles. The number of hydrogen-bond acceptors (Lipinski definition) is 6. The first-order valence-corrected chi connectivity index (χ1v) is 10.7. The molecular formula is C19H28N2O6S. The van der Waals surface area contributed by atoms with Crippen LogP contribution in [0.1, 0.15) is 49.9 Å². The summed E-state index contributed by atoms with van der Waals surface area (Å²) >= 11 is 0. The number of carbonyl (C=O) groups is 2. The van der Waals surface area contributed by atoms with Gasteiger partial charge in [0.15, 0.2) is 6.10 Å². The third-order valence-electron chi connectivity index (χ3n) is 5.06. The van der Waals surface area contributed by atoms with Gasteiger partial charge in [0, 0.05) is 13.1 Å². The van der Waals surface area contributed by atoms with E-state index in [1.54, 1.807) is 0 Å². The van der Waals surface area contributed by atoms with Crippen LogP contribution in [0.2, 0.25) is 0 Å². The van der Waals surface area contributed by atoms with Gasteiger partial charge in [-0.05, 0) is 43.9 Å². The zero-order chi connectivity index (χ0) is 20.9. The minimum atomic E-state index is -3.89. The average Bonchev–Trinajstić information content (AvgIpc) is 2.68. The smallest absolute Gasteiger partial charge is 0.338 e. The van der Waals surface area contributed by atoms with Crippen LogP contribution in [0, 0.1) is 5.92 Å². The van der Waals surface area contributed by atoms with E-state index in [-0.39, 0.29) is 22.4 Å². The van der Waals surface area contributed by atoms with Gasteiger partial charge in [-0.2, -0.15) is 0 Å². The average molecular weight is 413 g/mol. The number of hydrogen-bond donors (Lipinski definition) is 1. The highest BCUT2D eigenvalue weighted by Crippen LogP contribution is 2.24. The third kappa shape index (κ3) is 5.30. The predicted molar refractivity (Wildman–Crippen MR) is 103 cm³/mol. The molecule has 0 spiro atoms. The zero-order valence-corrected chi connectivity index (χ0v) is 17.5. The van der Waals surface area contributed by atoms with E-state index in [4.69, 9.17) is 9.57 Å². The Bertz CT molecular complexity index is 810. The second-order valence-corrected chi connectivity index (χ2v) is 8.99. The highest BCUT2D eigenvalue weighted by atomic mass is 32.2. The van der Waals surface area contributed by atoms with Crippen LogP contribution < -0.4 is 5.32 Å². The molecule has 1 N–H and O–H groups in total. The summed E-state index contributed by atoms with van der Waals surface area (Å²) in [6.45, 7) is 3.60. The number of esters is 1. The summed E-state index contributed by atoms with van der Waals surface area (Å²) < 4.78 is 30.5. The molecule has 8 nitrogen and oxygen atoms in total. The predicted octanol–water partition coefficient (Wildman–Crippen LogP) is 2.11. The number of hydroxylamine groups is 1. The van der Waals surface area contributed by atoms with Gasteiger partial charge in [0.05, 0.1) is 17.6 Å². The Balaban J connectivity index is 2.04. The fraction of sp³-hybridized carbons (Fsp3) is 0.579. The fourth-order valence-corrected chi connectivity index (χ4v) is 4.16. The quantitative estimate of drug-likeness (QED) is 0.544. The summed E-state index contributed by atoms with van der Waals surface area (Å²) in [6.07, 6.45) is 3.23. The van der Waals surface area contributed by atoms with E-state index < -0.39 is 22.1 Å². The Morgan fingerprint density at radius 1 is 1.25 bits per heavy atom. The van der Waals surface area contributed by atoms with Gasteiger partial charge in [-0.1, -0.05) is 30.3 Å². The van der Waals surface area contributed by atoms with Crippen LogP contribution in [0.15, 0.2) is 29.2 Å². The topological polar surface area (TPSA) is 102 Å². The van der Waals surface area contributed by atoms with Gasteiger partial charge in [0.1, 0.15) is 0 Å². The molecule has 2 rings (SSSR count). The van der Waals surface area contributed by atoms with Gasteiger partial charge in [-0.25, -0.2) is 13.2 Å². The molecule has 3 atom stereocenters. The Kier molecular flexibility index (Phi) is 7.56. The number of ether oxygens (including phenoxy) is 1. The van der Waals surface area contributed by atoms with E-state index in [0.717, 1.165) is 25.7 Å². The molecule has 0 aliphatic heterocycles. The standard InChI is InChI=1S/C19H28N2O6S/c1-13-8-5-6-11-17(13)20-18(22)14(2)27-19(23)15-9-7-10-16(12-15)28(24,25)21(3)26-4/h7,9-10,12-14,17H,5-6,8,11H2,1-4H3,(H,20,22)/t13-,14-,17-/m1/s1. The van der Waals surface area contributed by atoms with Gasteiger partial charge in [-0.15, -0.1) is 0 Å². The zero-order valence-electron chi connectivity index (χ0n) is 16.7. The van der Waals surface area contributed by atoms with Crippen molar-refractivity contribution in [3.63, 3.8) is 0 Å². The summed E-state index contributed by atoms with van der Waals surface area (Å²) in [4.78, 5) is 29.4. The summed E-state index contributed by atoms with van der Waals surface area (Å²) in [7, 11) is -1.42.